The number of rotatable bonds is 15. The van der Waals surface area contributed by atoms with E-state index in [0.717, 1.165) is 6.42 Å². The first kappa shape index (κ1) is 46.4. The Hall–Kier alpha value is -5.08. The Morgan fingerprint density at radius 2 is 0.954 bits per heavy atom. The highest BCUT2D eigenvalue weighted by molar-refractivity contribution is 6.09. The molecule has 1 heterocycles. The largest absolute Gasteiger partial charge is 0.311 e. The van der Waals surface area contributed by atoms with Crippen LogP contribution in [0.4, 0.5) is 17.1 Å². The molecule has 0 saturated heterocycles. The van der Waals surface area contributed by atoms with Crippen molar-refractivity contribution in [2.75, 3.05) is 4.90 Å². The van der Waals surface area contributed by atoms with Gasteiger partial charge in [-0.1, -0.05) is 184 Å². The summed E-state index contributed by atoms with van der Waals surface area (Å²) in [6, 6.07) is 51.7. The predicted octanol–water partition coefficient (Wildman–Crippen LogP) is 19.8. The monoisotopic (exact) mass is 863 g/mol. The highest BCUT2D eigenvalue weighted by atomic mass is 15.1. The highest BCUT2D eigenvalue weighted by Gasteiger charge is 2.25. The Labute approximate surface area is 393 Å². The lowest BCUT2D eigenvalue weighted by Gasteiger charge is -2.29. The lowest BCUT2D eigenvalue weighted by Crippen LogP contribution is -2.20. The summed E-state index contributed by atoms with van der Waals surface area (Å²) in [5.41, 5.74) is 15.8. The Kier molecular flexibility index (Phi) is 15.7. The second kappa shape index (κ2) is 21.9. The summed E-state index contributed by atoms with van der Waals surface area (Å²) in [6.07, 6.45) is 24.0. The average molecular weight is 863 g/mol. The fourth-order valence-electron chi connectivity index (χ4n) is 11.3. The summed E-state index contributed by atoms with van der Waals surface area (Å²) in [5.74, 6) is 1.41. The number of aryl methyl sites for hydroxylation is 1. The van der Waals surface area contributed by atoms with E-state index in [-0.39, 0.29) is 5.41 Å². The topological polar surface area (TPSA) is 8.17 Å². The standard InChI is InChI=1S/C56H62N2.C7H16/c1-5-37-56(4,6-2)47-26-36-53-52-35-17-40(3)38-54(52)58(55(53)39-47)51-33-24-46(25-34-51)45-22-31-50(32-23-45)57(48-27-18-43(19-28-48)41-13-9-7-10-14-41)49-29-20-44(21-30-49)42-15-11-8-12-16-42;1-3-5-7-6-4-2/h17-36,38-39,41-42H,5-16,37H2,1-4H3;3-7H2,1-2H3. The van der Waals surface area contributed by atoms with Gasteiger partial charge in [-0.15, -0.1) is 0 Å². The third-order valence-electron chi connectivity index (χ3n) is 15.4. The molecule has 1 unspecified atom stereocenters. The van der Waals surface area contributed by atoms with E-state index in [2.05, 4.69) is 184 Å². The van der Waals surface area contributed by atoms with Crippen LogP contribution in [0.3, 0.4) is 0 Å². The van der Waals surface area contributed by atoms with Crippen molar-refractivity contribution in [3.8, 4) is 16.8 Å². The van der Waals surface area contributed by atoms with Gasteiger partial charge in [0.1, 0.15) is 0 Å². The number of aromatic nitrogens is 1. The minimum absolute atomic E-state index is 0.169. The molecule has 0 N–H and O–H groups in total. The van der Waals surface area contributed by atoms with E-state index in [9.17, 15) is 0 Å². The van der Waals surface area contributed by atoms with Gasteiger partial charge in [-0.3, -0.25) is 0 Å². The van der Waals surface area contributed by atoms with Crippen LogP contribution in [0.2, 0.25) is 0 Å². The van der Waals surface area contributed by atoms with Crippen LogP contribution in [0.1, 0.15) is 184 Å². The van der Waals surface area contributed by atoms with Crippen LogP contribution < -0.4 is 4.90 Å². The molecule has 0 amide bonds. The van der Waals surface area contributed by atoms with E-state index >= 15 is 0 Å². The van der Waals surface area contributed by atoms with E-state index in [0.29, 0.717) is 11.8 Å². The zero-order valence-electron chi connectivity index (χ0n) is 41.0. The summed E-state index contributed by atoms with van der Waals surface area (Å²) in [7, 11) is 0. The van der Waals surface area contributed by atoms with Crippen LogP contribution in [0.5, 0.6) is 0 Å². The maximum Gasteiger partial charge on any atom is 0.0544 e. The summed E-state index contributed by atoms with van der Waals surface area (Å²) >= 11 is 0. The average Bonchev–Trinajstić information content (AvgIpc) is 3.68. The van der Waals surface area contributed by atoms with Gasteiger partial charge in [0, 0.05) is 33.5 Å². The van der Waals surface area contributed by atoms with Crippen molar-refractivity contribution < 1.29 is 0 Å². The first-order valence-corrected chi connectivity index (χ1v) is 26.1. The number of anilines is 3. The minimum Gasteiger partial charge on any atom is -0.311 e. The Balaban J connectivity index is 0.000000763. The van der Waals surface area contributed by atoms with E-state index in [1.807, 2.05) is 0 Å². The van der Waals surface area contributed by atoms with Gasteiger partial charge in [0.05, 0.1) is 11.0 Å². The summed E-state index contributed by atoms with van der Waals surface area (Å²) in [5, 5.41) is 2.64. The van der Waals surface area contributed by atoms with Crippen molar-refractivity contribution in [1.29, 1.82) is 0 Å². The SMILES string of the molecule is CCCC(C)(CC)c1ccc2c3ccc(C)cc3n(-c3ccc(-c4ccc(N(c5ccc(C6CCCCC6)cc5)c5ccc(C6CCCCC6)cc5)cc4)cc3)c2c1.CCCCCCC. The fraction of sp³-hybridized carbons (Fsp3) is 0.429. The second-order valence-corrected chi connectivity index (χ2v) is 20.1. The van der Waals surface area contributed by atoms with Crippen LogP contribution in [-0.4, -0.2) is 4.57 Å². The van der Waals surface area contributed by atoms with Gasteiger partial charge in [-0.2, -0.15) is 0 Å². The van der Waals surface area contributed by atoms with Crippen molar-refractivity contribution >= 4 is 38.9 Å². The van der Waals surface area contributed by atoms with Gasteiger partial charge < -0.3 is 9.47 Å². The molecule has 0 spiro atoms. The molecule has 9 rings (SSSR count). The van der Waals surface area contributed by atoms with E-state index in [1.54, 1.807) is 0 Å². The molecule has 0 bridgehead atoms. The number of nitrogens with zero attached hydrogens (tertiary/aromatic N) is 2. The smallest absolute Gasteiger partial charge is 0.0544 e. The van der Waals surface area contributed by atoms with Gasteiger partial charge in [-0.05, 0) is 157 Å². The lowest BCUT2D eigenvalue weighted by atomic mass is 9.76. The van der Waals surface area contributed by atoms with Crippen LogP contribution >= 0.6 is 0 Å². The molecule has 2 fully saturated rings. The highest BCUT2D eigenvalue weighted by Crippen LogP contribution is 2.42. The maximum atomic E-state index is 2.49. The summed E-state index contributed by atoms with van der Waals surface area (Å²) in [4.78, 5) is 2.45. The molecule has 1 aromatic heterocycles. The van der Waals surface area contributed by atoms with Crippen molar-refractivity contribution in [1.82, 2.24) is 4.57 Å². The molecule has 2 saturated carbocycles. The summed E-state index contributed by atoms with van der Waals surface area (Å²) in [6.45, 7) is 13.8. The third kappa shape index (κ3) is 10.6. The quantitative estimate of drug-likeness (QED) is 0.0933. The predicted molar refractivity (Wildman–Crippen MR) is 284 cm³/mol. The Morgan fingerprint density at radius 3 is 1.43 bits per heavy atom. The van der Waals surface area contributed by atoms with Crippen molar-refractivity contribution in [3.05, 3.63) is 156 Å². The Morgan fingerprint density at radius 1 is 0.492 bits per heavy atom. The van der Waals surface area contributed by atoms with Gasteiger partial charge in [-0.25, -0.2) is 0 Å². The summed E-state index contributed by atoms with van der Waals surface area (Å²) < 4.78 is 2.49. The number of fused-ring (bicyclic) bond motifs is 3. The third-order valence-corrected chi connectivity index (χ3v) is 15.4. The molecular formula is C63H78N2. The Bertz CT molecular complexity index is 2480. The molecule has 6 aromatic carbocycles. The molecule has 1 atom stereocenters. The molecule has 340 valence electrons. The van der Waals surface area contributed by atoms with Crippen molar-refractivity contribution in [3.63, 3.8) is 0 Å². The van der Waals surface area contributed by atoms with Crippen LogP contribution in [0.15, 0.2) is 133 Å². The van der Waals surface area contributed by atoms with E-state index in [1.165, 1.54) is 187 Å². The zero-order chi connectivity index (χ0) is 45.2. The molecule has 7 aromatic rings. The number of unbranched alkanes of at least 4 members (excludes halogenated alkanes) is 4. The second-order valence-electron chi connectivity index (χ2n) is 20.1. The molecule has 2 aliphatic rings. The van der Waals surface area contributed by atoms with Crippen LogP contribution in [0, 0.1) is 6.92 Å². The van der Waals surface area contributed by atoms with Crippen LogP contribution in [0.25, 0.3) is 38.6 Å². The molecule has 65 heavy (non-hydrogen) atoms. The molecule has 0 radical (unpaired) electrons. The van der Waals surface area contributed by atoms with E-state index < -0.39 is 0 Å². The van der Waals surface area contributed by atoms with E-state index in [4.69, 9.17) is 0 Å². The van der Waals surface area contributed by atoms with Crippen LogP contribution in [-0.2, 0) is 5.41 Å². The molecular weight excluding hydrogens is 785 g/mol. The first-order chi connectivity index (χ1) is 31.8. The van der Waals surface area contributed by atoms with Gasteiger partial charge in [0.15, 0.2) is 0 Å². The zero-order valence-corrected chi connectivity index (χ0v) is 41.0. The minimum atomic E-state index is 0.169. The first-order valence-electron chi connectivity index (χ1n) is 26.1. The lowest BCUT2D eigenvalue weighted by molar-refractivity contribution is 0.414. The van der Waals surface area contributed by atoms with Crippen molar-refractivity contribution in [2.24, 2.45) is 0 Å². The molecule has 2 aliphatic carbocycles. The number of hydrogen-bond acceptors (Lipinski definition) is 1. The van der Waals surface area contributed by atoms with Gasteiger partial charge >= 0.3 is 0 Å². The fourth-order valence-corrected chi connectivity index (χ4v) is 11.3. The van der Waals surface area contributed by atoms with Crippen molar-refractivity contribution in [2.45, 2.75) is 174 Å². The number of benzene rings is 6. The van der Waals surface area contributed by atoms with Gasteiger partial charge in [0.2, 0.25) is 0 Å². The molecule has 0 aliphatic heterocycles. The normalized spacial score (nSPS) is 15.7. The maximum absolute atomic E-state index is 2.49. The number of hydrogen-bond donors (Lipinski definition) is 0. The molecule has 2 nitrogen and oxygen atoms in total. The van der Waals surface area contributed by atoms with Gasteiger partial charge in [0.25, 0.3) is 0 Å². The molecule has 2 heteroatoms.